The lowest BCUT2D eigenvalue weighted by molar-refractivity contribution is -0.137. The number of benzene rings is 1. The van der Waals surface area contributed by atoms with E-state index in [0.29, 0.717) is 29.7 Å². The van der Waals surface area contributed by atoms with E-state index in [4.69, 9.17) is 10.5 Å². The van der Waals surface area contributed by atoms with Crippen LogP contribution in [0.25, 0.3) is 22.2 Å². The fraction of sp³-hybridized carbons (Fsp3) is 0.588. The number of nitrogen functional groups attached to an aromatic ring is 1. The van der Waals surface area contributed by atoms with Crippen molar-refractivity contribution in [3.63, 3.8) is 0 Å². The molecule has 3 aromatic rings. The average molecular weight is 693 g/mol. The van der Waals surface area contributed by atoms with Gasteiger partial charge in [-0.05, 0) is 89.0 Å². The van der Waals surface area contributed by atoms with Crippen molar-refractivity contribution in [1.29, 1.82) is 0 Å². The summed E-state index contributed by atoms with van der Waals surface area (Å²) in [7, 11) is 0. The third-order valence-corrected chi connectivity index (χ3v) is 10.8. The maximum Gasteiger partial charge on any atom is 0.417 e. The molecule has 260 valence electrons. The zero-order valence-corrected chi connectivity index (χ0v) is 28.9. The first kappa shape index (κ1) is 34.4. The Balaban J connectivity index is 1.58. The number of thioether (sulfide) groups is 1. The number of nitrogens with two attached hydrogens (primary N) is 1. The highest BCUT2D eigenvalue weighted by atomic mass is 32.2. The van der Waals surface area contributed by atoms with Gasteiger partial charge in [0.1, 0.15) is 28.4 Å². The van der Waals surface area contributed by atoms with Gasteiger partial charge in [0, 0.05) is 24.1 Å². The summed E-state index contributed by atoms with van der Waals surface area (Å²) < 4.78 is 80.8. The lowest BCUT2D eigenvalue weighted by Gasteiger charge is -2.46. The lowest BCUT2D eigenvalue weighted by Crippen LogP contribution is -2.56. The minimum absolute atomic E-state index is 0.0458. The molecule has 2 fully saturated rings. The summed E-state index contributed by atoms with van der Waals surface area (Å²) in [4.78, 5) is 29.4. The van der Waals surface area contributed by atoms with Gasteiger partial charge in [-0.3, -0.25) is 0 Å². The number of aromatic nitrogens is 3. The molecule has 1 saturated carbocycles. The normalized spacial score (nSPS) is 25.9. The maximum atomic E-state index is 16.7. The number of hydrogen-bond donors (Lipinski definition) is 2. The molecule has 6 atom stereocenters. The third kappa shape index (κ3) is 6.02. The van der Waals surface area contributed by atoms with Gasteiger partial charge in [0.25, 0.3) is 0 Å². The Bertz CT molecular complexity index is 1780. The van der Waals surface area contributed by atoms with Crippen LogP contribution in [0.4, 0.5) is 38.3 Å². The number of nitrogens with one attached hydrogen (secondary N) is 1. The van der Waals surface area contributed by atoms with Crippen LogP contribution in [-0.2, 0) is 10.9 Å². The van der Waals surface area contributed by atoms with Crippen molar-refractivity contribution >= 4 is 40.3 Å². The largest absolute Gasteiger partial charge is 0.444 e. The molecular formula is C34H41F5N6O2S. The monoisotopic (exact) mass is 692 g/mol. The minimum Gasteiger partial charge on any atom is -0.444 e. The van der Waals surface area contributed by atoms with Crippen LogP contribution >= 0.6 is 11.8 Å². The van der Waals surface area contributed by atoms with Crippen molar-refractivity contribution in [2.24, 2.45) is 17.8 Å². The number of alkyl halides is 3. The van der Waals surface area contributed by atoms with Crippen molar-refractivity contribution in [3.05, 3.63) is 34.5 Å². The number of pyridine rings is 1. The van der Waals surface area contributed by atoms with Gasteiger partial charge in [0.2, 0.25) is 0 Å². The number of fused-ring (bicyclic) bond motifs is 4. The molecule has 2 aromatic heterocycles. The van der Waals surface area contributed by atoms with Crippen LogP contribution in [-0.4, -0.2) is 56.4 Å². The Hall–Kier alpha value is -3.42. The molecule has 2 bridgehead atoms. The first-order valence-electron chi connectivity index (χ1n) is 16.3. The van der Waals surface area contributed by atoms with Crippen LogP contribution in [0.2, 0.25) is 0 Å². The fourth-order valence-electron chi connectivity index (χ4n) is 7.71. The number of ether oxygens (including phenoxy) is 1. The van der Waals surface area contributed by atoms with Crippen LogP contribution in [0.15, 0.2) is 11.2 Å². The van der Waals surface area contributed by atoms with Crippen molar-refractivity contribution in [1.82, 2.24) is 19.9 Å². The Labute approximate surface area is 280 Å². The molecule has 0 spiro atoms. The van der Waals surface area contributed by atoms with E-state index in [1.807, 2.05) is 25.7 Å². The van der Waals surface area contributed by atoms with Crippen LogP contribution in [0.3, 0.4) is 0 Å². The molecule has 1 aliphatic carbocycles. The van der Waals surface area contributed by atoms with Crippen LogP contribution in [0.5, 0.6) is 0 Å². The Morgan fingerprint density at radius 1 is 1.08 bits per heavy atom. The number of piperidine rings is 1. The van der Waals surface area contributed by atoms with E-state index in [1.165, 1.54) is 0 Å². The number of anilines is 2. The van der Waals surface area contributed by atoms with Crippen LogP contribution in [0, 0.1) is 36.3 Å². The molecule has 2 aliphatic heterocycles. The van der Waals surface area contributed by atoms with E-state index in [0.717, 1.165) is 37.6 Å². The third-order valence-electron chi connectivity index (χ3n) is 10.2. The SMILES string of the molecule is CSc1nc2c3c(nc(-c4cc(N)c(F)c(C)c4C(F)(F)F)c(F)c3n1)C1CC1[C@@H](C)[C@H](C)C1CCCC(CN2)N1C(=O)OC(C)(C)C. The van der Waals surface area contributed by atoms with Gasteiger partial charge in [-0.15, -0.1) is 0 Å². The smallest absolute Gasteiger partial charge is 0.417 e. The first-order chi connectivity index (χ1) is 22.4. The van der Waals surface area contributed by atoms with Crippen molar-refractivity contribution in [2.45, 2.75) is 102 Å². The molecule has 1 aromatic carbocycles. The first-order valence-corrected chi connectivity index (χ1v) is 17.5. The zero-order chi connectivity index (χ0) is 35.0. The second-order valence-electron chi connectivity index (χ2n) is 14.4. The molecule has 0 radical (unpaired) electrons. The summed E-state index contributed by atoms with van der Waals surface area (Å²) in [6.07, 6.45) is -0.595. The fourth-order valence-corrected chi connectivity index (χ4v) is 8.07. The lowest BCUT2D eigenvalue weighted by atomic mass is 9.79. The van der Waals surface area contributed by atoms with Gasteiger partial charge < -0.3 is 20.7 Å². The number of halogens is 5. The molecule has 1 amide bonds. The molecule has 6 rings (SSSR count). The second-order valence-corrected chi connectivity index (χ2v) is 15.2. The highest BCUT2D eigenvalue weighted by Crippen LogP contribution is 2.57. The summed E-state index contributed by atoms with van der Waals surface area (Å²) >= 11 is 1.15. The van der Waals surface area contributed by atoms with Gasteiger partial charge in [0.05, 0.1) is 28.4 Å². The molecular weight excluding hydrogens is 651 g/mol. The highest BCUT2D eigenvalue weighted by Gasteiger charge is 2.50. The number of nitrogens with zero attached hydrogens (tertiary/aromatic N) is 4. The Morgan fingerprint density at radius 2 is 1.79 bits per heavy atom. The van der Waals surface area contributed by atoms with Gasteiger partial charge in [-0.2, -0.15) is 13.2 Å². The Morgan fingerprint density at radius 3 is 2.44 bits per heavy atom. The predicted octanol–water partition coefficient (Wildman–Crippen LogP) is 8.56. The average Bonchev–Trinajstić information content (AvgIpc) is 3.80. The number of carbonyl (C=O) groups excluding carboxylic acids is 1. The van der Waals surface area contributed by atoms with Gasteiger partial charge in [0.15, 0.2) is 11.0 Å². The topological polar surface area (TPSA) is 106 Å². The quantitative estimate of drug-likeness (QED) is 0.119. The number of carbonyl (C=O) groups is 1. The molecule has 8 nitrogen and oxygen atoms in total. The van der Waals surface area contributed by atoms with Crippen molar-refractivity contribution < 1.29 is 31.5 Å². The number of rotatable bonds is 2. The van der Waals surface area contributed by atoms with E-state index in [2.05, 4.69) is 34.1 Å². The summed E-state index contributed by atoms with van der Waals surface area (Å²) in [5.41, 5.74) is 1.51. The summed E-state index contributed by atoms with van der Waals surface area (Å²) in [5.74, 6) is -2.07. The summed E-state index contributed by atoms with van der Waals surface area (Å²) in [6.45, 7) is 11.0. The highest BCUT2D eigenvalue weighted by molar-refractivity contribution is 7.98. The summed E-state index contributed by atoms with van der Waals surface area (Å²) in [5, 5.41) is 3.86. The maximum absolute atomic E-state index is 16.7. The zero-order valence-electron chi connectivity index (χ0n) is 28.1. The second kappa shape index (κ2) is 12.2. The van der Waals surface area contributed by atoms with Gasteiger partial charge in [-0.1, -0.05) is 25.6 Å². The molecule has 1 saturated heterocycles. The molecule has 3 aliphatic rings. The number of amides is 1. The molecule has 3 N–H and O–H groups in total. The predicted molar refractivity (Wildman–Crippen MR) is 176 cm³/mol. The Kier molecular flexibility index (Phi) is 8.73. The standard InChI is InChI=1S/C34H41F5N6O2S/c1-14-15(2)22-10-8-9-17(45(22)32(46)47-33(4,5)6)13-41-30-23-27(19-11-18(14)19)42-28(26(36)29(23)43-31(44-30)48-7)20-12-21(40)25(35)16(3)24(20)34(37,38)39/h12,14-15,17-19,22H,8-11,13,40H2,1-7H3,(H,41,43,44)/t14-,15-,17?,18?,19?,22?/m0/s1. The van der Waals surface area contributed by atoms with E-state index in [1.54, 1.807) is 6.26 Å². The van der Waals surface area contributed by atoms with E-state index in [9.17, 15) is 22.4 Å². The van der Waals surface area contributed by atoms with Crippen molar-refractivity contribution in [3.8, 4) is 11.3 Å². The van der Waals surface area contributed by atoms with E-state index >= 15 is 4.39 Å². The van der Waals surface area contributed by atoms with E-state index < -0.39 is 51.5 Å². The number of hydrogen-bond acceptors (Lipinski definition) is 8. The molecule has 4 heterocycles. The van der Waals surface area contributed by atoms with Gasteiger partial charge in [-0.25, -0.2) is 28.5 Å². The molecule has 14 heteroatoms. The molecule has 48 heavy (non-hydrogen) atoms. The van der Waals surface area contributed by atoms with Crippen LogP contribution < -0.4 is 11.1 Å². The van der Waals surface area contributed by atoms with Gasteiger partial charge >= 0.3 is 12.3 Å². The van der Waals surface area contributed by atoms with E-state index in [-0.39, 0.29) is 59.1 Å². The van der Waals surface area contributed by atoms with Crippen molar-refractivity contribution in [2.75, 3.05) is 23.9 Å². The summed E-state index contributed by atoms with van der Waals surface area (Å²) in [6, 6.07) is 0.450. The molecule has 4 unspecified atom stereocenters. The van der Waals surface area contributed by atoms with Crippen LogP contribution in [0.1, 0.15) is 83.0 Å². The minimum atomic E-state index is -5.01.